The van der Waals surface area contributed by atoms with Gasteiger partial charge in [-0.2, -0.15) is 0 Å². The number of Topliss-reactive ketones (excluding diaryl/α,β-unsaturated/α-hetero) is 1. The molecule has 0 radical (unpaired) electrons. The second-order valence-electron chi connectivity index (χ2n) is 6.90. The molecule has 0 spiro atoms. The number of hydrogen-bond acceptors (Lipinski definition) is 1. The van der Waals surface area contributed by atoms with Crippen LogP contribution in [-0.2, 0) is 13.0 Å². The van der Waals surface area contributed by atoms with Crippen LogP contribution < -0.4 is 0 Å². The Morgan fingerprint density at radius 2 is 1.96 bits per heavy atom. The molecule has 3 aromatic rings. The van der Waals surface area contributed by atoms with Crippen molar-refractivity contribution in [3.8, 4) is 0 Å². The van der Waals surface area contributed by atoms with Gasteiger partial charge in [0.15, 0.2) is 5.78 Å². The molecule has 122 valence electrons. The van der Waals surface area contributed by atoms with E-state index in [2.05, 4.69) is 67.1 Å². The number of ketones is 1. The number of aromatic nitrogens is 1. The van der Waals surface area contributed by atoms with Gasteiger partial charge in [0.25, 0.3) is 0 Å². The third kappa shape index (κ3) is 2.37. The van der Waals surface area contributed by atoms with Crippen LogP contribution in [0.4, 0.5) is 0 Å². The molecule has 0 bridgehead atoms. The summed E-state index contributed by atoms with van der Waals surface area (Å²) in [6, 6.07) is 14.9. The summed E-state index contributed by atoms with van der Waals surface area (Å²) in [5, 5.41) is 1.31. The molecule has 24 heavy (non-hydrogen) atoms. The lowest BCUT2D eigenvalue weighted by Gasteiger charge is -2.25. The van der Waals surface area contributed by atoms with Crippen molar-refractivity contribution in [3.05, 3.63) is 70.9 Å². The van der Waals surface area contributed by atoms with Crippen molar-refractivity contribution in [3.63, 3.8) is 0 Å². The summed E-state index contributed by atoms with van der Waals surface area (Å²) in [4.78, 5) is 12.5. The fraction of sp³-hybridized carbons (Fsp3) is 0.318. The molecule has 0 unspecified atom stereocenters. The Morgan fingerprint density at radius 3 is 2.71 bits per heavy atom. The average Bonchev–Trinajstić information content (AvgIpc) is 3.02. The maximum Gasteiger partial charge on any atom is 0.163 e. The van der Waals surface area contributed by atoms with E-state index in [-0.39, 0.29) is 0 Å². The van der Waals surface area contributed by atoms with Crippen LogP contribution in [0.15, 0.2) is 48.7 Å². The molecule has 1 aromatic heterocycles. The first-order valence-electron chi connectivity index (χ1n) is 8.90. The van der Waals surface area contributed by atoms with E-state index in [1.54, 1.807) is 0 Å². The predicted molar refractivity (Wildman–Crippen MR) is 98.8 cm³/mol. The molecular formula is C22H23NO. The molecule has 0 N–H and O–H groups in total. The quantitative estimate of drug-likeness (QED) is 0.640. The van der Waals surface area contributed by atoms with Gasteiger partial charge in [0.1, 0.15) is 0 Å². The molecule has 0 aliphatic heterocycles. The van der Waals surface area contributed by atoms with Gasteiger partial charge in [-0.15, -0.1) is 0 Å². The Kier molecular flexibility index (Phi) is 3.76. The van der Waals surface area contributed by atoms with Crippen LogP contribution in [0.5, 0.6) is 0 Å². The highest BCUT2D eigenvalue weighted by atomic mass is 16.1. The molecule has 0 saturated heterocycles. The number of benzene rings is 2. The molecule has 1 aliphatic carbocycles. The van der Waals surface area contributed by atoms with Crippen LogP contribution >= 0.6 is 0 Å². The first kappa shape index (κ1) is 15.2. The van der Waals surface area contributed by atoms with Crippen LogP contribution in [0.1, 0.15) is 59.7 Å². The van der Waals surface area contributed by atoms with Crippen LogP contribution in [0.25, 0.3) is 10.9 Å². The molecule has 0 amide bonds. The maximum absolute atomic E-state index is 12.5. The largest absolute Gasteiger partial charge is 0.343 e. The van der Waals surface area contributed by atoms with Gasteiger partial charge in [0, 0.05) is 30.1 Å². The zero-order valence-corrected chi connectivity index (χ0v) is 14.4. The summed E-state index contributed by atoms with van der Waals surface area (Å²) in [6.45, 7) is 5.29. The summed E-state index contributed by atoms with van der Waals surface area (Å²) >= 11 is 0. The molecule has 1 heterocycles. The highest BCUT2D eigenvalue weighted by Gasteiger charge is 2.27. The first-order valence-corrected chi connectivity index (χ1v) is 8.90. The molecular weight excluding hydrogens is 294 g/mol. The smallest absolute Gasteiger partial charge is 0.163 e. The molecule has 4 rings (SSSR count). The fourth-order valence-electron chi connectivity index (χ4n) is 4.05. The van der Waals surface area contributed by atoms with Gasteiger partial charge >= 0.3 is 0 Å². The lowest BCUT2D eigenvalue weighted by molar-refractivity contribution is 0.0968. The van der Waals surface area contributed by atoms with Gasteiger partial charge in [-0.3, -0.25) is 4.79 Å². The van der Waals surface area contributed by atoms with E-state index >= 15 is 0 Å². The van der Waals surface area contributed by atoms with Gasteiger partial charge in [0.2, 0.25) is 0 Å². The summed E-state index contributed by atoms with van der Waals surface area (Å²) in [6.07, 6.45) is 4.79. The minimum atomic E-state index is 0.312. The summed E-state index contributed by atoms with van der Waals surface area (Å²) < 4.78 is 2.33. The number of aryl methyl sites for hydroxylation is 1. The van der Waals surface area contributed by atoms with Crippen molar-refractivity contribution < 1.29 is 4.79 Å². The molecule has 1 aliphatic rings. The Hall–Kier alpha value is -2.35. The van der Waals surface area contributed by atoms with E-state index in [0.29, 0.717) is 18.1 Å². The van der Waals surface area contributed by atoms with E-state index < -0.39 is 0 Å². The second-order valence-corrected chi connectivity index (χ2v) is 6.90. The van der Waals surface area contributed by atoms with E-state index in [0.717, 1.165) is 24.9 Å². The summed E-state index contributed by atoms with van der Waals surface area (Å²) in [7, 11) is 0. The van der Waals surface area contributed by atoms with Crippen LogP contribution in [0.3, 0.4) is 0 Å². The van der Waals surface area contributed by atoms with Crippen molar-refractivity contribution in [2.24, 2.45) is 0 Å². The van der Waals surface area contributed by atoms with E-state index in [1.807, 2.05) is 0 Å². The van der Waals surface area contributed by atoms with Crippen LogP contribution in [0.2, 0.25) is 0 Å². The predicted octanol–water partition coefficient (Wildman–Crippen LogP) is 5.33. The third-order valence-corrected chi connectivity index (χ3v) is 5.35. The van der Waals surface area contributed by atoms with Gasteiger partial charge in [0.05, 0.1) is 5.52 Å². The molecule has 2 heteroatoms. The van der Waals surface area contributed by atoms with Crippen molar-refractivity contribution in [2.75, 3.05) is 0 Å². The lowest BCUT2D eigenvalue weighted by atomic mass is 9.80. The molecule has 0 fully saturated rings. The van der Waals surface area contributed by atoms with Crippen molar-refractivity contribution >= 4 is 16.7 Å². The van der Waals surface area contributed by atoms with Gasteiger partial charge in [-0.1, -0.05) is 44.2 Å². The SMILES string of the molecule is CCc1cc2c(c3c1ccn3Cc1ccccc1)[C@@H](C)CCC2=O. The lowest BCUT2D eigenvalue weighted by Crippen LogP contribution is -2.16. The van der Waals surface area contributed by atoms with E-state index in [9.17, 15) is 4.79 Å². The number of nitrogens with zero attached hydrogens (tertiary/aromatic N) is 1. The Bertz CT molecular complexity index is 905. The minimum Gasteiger partial charge on any atom is -0.343 e. The molecule has 1 atom stereocenters. The van der Waals surface area contributed by atoms with Crippen LogP contribution in [-0.4, -0.2) is 10.4 Å². The van der Waals surface area contributed by atoms with E-state index in [4.69, 9.17) is 0 Å². The summed E-state index contributed by atoms with van der Waals surface area (Å²) in [5.74, 6) is 0.752. The molecule has 2 nitrogen and oxygen atoms in total. The Morgan fingerprint density at radius 1 is 1.17 bits per heavy atom. The highest BCUT2D eigenvalue weighted by molar-refractivity contribution is 6.04. The number of fused-ring (bicyclic) bond motifs is 3. The minimum absolute atomic E-state index is 0.312. The van der Waals surface area contributed by atoms with Crippen molar-refractivity contribution in [2.45, 2.75) is 45.6 Å². The molecule has 2 aromatic carbocycles. The fourth-order valence-corrected chi connectivity index (χ4v) is 4.05. The third-order valence-electron chi connectivity index (χ3n) is 5.35. The first-order chi connectivity index (χ1) is 11.7. The topological polar surface area (TPSA) is 22.0 Å². The number of carbonyl (C=O) groups excluding carboxylic acids is 1. The standard InChI is InChI=1S/C22H23NO/c1-3-17-13-19-20(24)10-9-15(2)21(19)22-18(17)11-12-23(22)14-16-7-5-4-6-8-16/h4-8,11-13,15H,3,9-10,14H2,1-2H3/t15-/m0/s1. The summed E-state index contributed by atoms with van der Waals surface area (Å²) in [5.41, 5.74) is 6.08. The number of carbonyl (C=O) groups is 1. The Labute approximate surface area is 143 Å². The number of hydrogen-bond donors (Lipinski definition) is 0. The number of rotatable bonds is 3. The van der Waals surface area contributed by atoms with Crippen molar-refractivity contribution in [1.29, 1.82) is 0 Å². The van der Waals surface area contributed by atoms with Crippen LogP contribution in [0, 0.1) is 0 Å². The monoisotopic (exact) mass is 317 g/mol. The maximum atomic E-state index is 12.5. The highest BCUT2D eigenvalue weighted by Crippen LogP contribution is 2.39. The normalized spacial score (nSPS) is 17.2. The van der Waals surface area contributed by atoms with Gasteiger partial charge in [-0.05, 0) is 47.6 Å². The van der Waals surface area contributed by atoms with Gasteiger partial charge in [-0.25, -0.2) is 0 Å². The zero-order valence-electron chi connectivity index (χ0n) is 14.4. The molecule has 0 saturated carbocycles. The second kappa shape index (κ2) is 5.94. The van der Waals surface area contributed by atoms with E-state index in [1.165, 1.54) is 27.6 Å². The zero-order chi connectivity index (χ0) is 16.7. The van der Waals surface area contributed by atoms with Crippen molar-refractivity contribution in [1.82, 2.24) is 4.57 Å². The van der Waals surface area contributed by atoms with Gasteiger partial charge < -0.3 is 4.57 Å². The average molecular weight is 317 g/mol. The Balaban J connectivity index is 1.96.